The van der Waals surface area contributed by atoms with E-state index in [9.17, 15) is 0 Å². The minimum absolute atomic E-state index is 0.111. The number of hydrogen-bond acceptors (Lipinski definition) is 3. The number of nitrogens with two attached hydrogens (primary N) is 1. The van der Waals surface area contributed by atoms with Crippen molar-refractivity contribution < 1.29 is 9.47 Å². The summed E-state index contributed by atoms with van der Waals surface area (Å²) >= 11 is 0. The Kier molecular flexibility index (Phi) is 4.95. The highest BCUT2D eigenvalue weighted by Gasteiger charge is 2.14. The molecular formula is C16H19NO2. The van der Waals surface area contributed by atoms with Crippen LogP contribution in [0.1, 0.15) is 17.2 Å². The van der Waals surface area contributed by atoms with Gasteiger partial charge >= 0.3 is 0 Å². The Bertz CT molecular complexity index is 499. The Morgan fingerprint density at radius 1 is 1.00 bits per heavy atom. The second-order valence-electron chi connectivity index (χ2n) is 4.23. The maximum Gasteiger partial charge on any atom is 0.119 e. The van der Waals surface area contributed by atoms with E-state index in [-0.39, 0.29) is 6.10 Å². The molecule has 0 bridgehead atoms. The van der Waals surface area contributed by atoms with Crippen molar-refractivity contribution in [3.05, 3.63) is 65.7 Å². The van der Waals surface area contributed by atoms with Crippen LogP contribution in [-0.4, -0.2) is 20.3 Å². The van der Waals surface area contributed by atoms with Gasteiger partial charge in [-0.2, -0.15) is 0 Å². The predicted molar refractivity (Wildman–Crippen MR) is 76.3 cm³/mol. The van der Waals surface area contributed by atoms with Gasteiger partial charge in [0.2, 0.25) is 0 Å². The average Bonchev–Trinajstić information content (AvgIpc) is 2.49. The zero-order valence-electron chi connectivity index (χ0n) is 11.1. The zero-order valence-corrected chi connectivity index (χ0v) is 11.1. The molecule has 0 spiro atoms. The zero-order chi connectivity index (χ0) is 13.5. The molecule has 0 aliphatic carbocycles. The van der Waals surface area contributed by atoms with E-state index in [0.29, 0.717) is 13.2 Å². The van der Waals surface area contributed by atoms with Crippen molar-refractivity contribution in [1.29, 1.82) is 0 Å². The van der Waals surface area contributed by atoms with Crippen molar-refractivity contribution >= 4 is 0 Å². The van der Waals surface area contributed by atoms with Gasteiger partial charge in [0.25, 0.3) is 0 Å². The molecule has 0 radical (unpaired) electrons. The van der Waals surface area contributed by atoms with Gasteiger partial charge in [-0.1, -0.05) is 42.5 Å². The molecule has 0 amide bonds. The van der Waals surface area contributed by atoms with Gasteiger partial charge in [0.05, 0.1) is 13.7 Å². The molecule has 1 atom stereocenters. The van der Waals surface area contributed by atoms with Gasteiger partial charge in [-0.3, -0.25) is 0 Å². The number of ether oxygens (including phenoxy) is 2. The molecule has 2 N–H and O–H groups in total. The Hall–Kier alpha value is -1.84. The van der Waals surface area contributed by atoms with E-state index in [1.807, 2.05) is 42.5 Å². The van der Waals surface area contributed by atoms with Crippen molar-refractivity contribution in [2.24, 2.45) is 5.73 Å². The fraction of sp³-hybridized carbons (Fsp3) is 0.250. The van der Waals surface area contributed by atoms with Gasteiger partial charge in [-0.15, -0.1) is 0 Å². The quantitative estimate of drug-likeness (QED) is 0.865. The minimum atomic E-state index is -0.111. The van der Waals surface area contributed by atoms with Crippen LogP contribution in [0.25, 0.3) is 0 Å². The van der Waals surface area contributed by atoms with Crippen LogP contribution in [0.15, 0.2) is 54.6 Å². The number of hydrogen-bond donors (Lipinski definition) is 1. The molecule has 0 aromatic heterocycles. The third-order valence-corrected chi connectivity index (χ3v) is 2.90. The molecule has 0 saturated heterocycles. The summed E-state index contributed by atoms with van der Waals surface area (Å²) in [7, 11) is 1.66. The second-order valence-corrected chi connectivity index (χ2v) is 4.23. The Balaban J connectivity index is 2.31. The van der Waals surface area contributed by atoms with Crippen LogP contribution in [0.2, 0.25) is 0 Å². The lowest BCUT2D eigenvalue weighted by Gasteiger charge is -2.19. The van der Waals surface area contributed by atoms with E-state index in [2.05, 4.69) is 12.1 Å². The highest BCUT2D eigenvalue weighted by atomic mass is 16.5. The van der Waals surface area contributed by atoms with Crippen LogP contribution in [0.4, 0.5) is 0 Å². The van der Waals surface area contributed by atoms with Crippen LogP contribution in [0.5, 0.6) is 5.75 Å². The smallest absolute Gasteiger partial charge is 0.119 e. The Morgan fingerprint density at radius 3 is 2.42 bits per heavy atom. The summed E-state index contributed by atoms with van der Waals surface area (Å²) in [5.74, 6) is 0.828. The van der Waals surface area contributed by atoms with Gasteiger partial charge < -0.3 is 15.2 Å². The van der Waals surface area contributed by atoms with Crippen LogP contribution >= 0.6 is 0 Å². The third-order valence-electron chi connectivity index (χ3n) is 2.90. The molecule has 3 nitrogen and oxygen atoms in total. The van der Waals surface area contributed by atoms with Gasteiger partial charge in [0.1, 0.15) is 11.9 Å². The summed E-state index contributed by atoms with van der Waals surface area (Å²) in [6.07, 6.45) is -0.111. The van der Waals surface area contributed by atoms with Crippen LogP contribution in [-0.2, 0) is 4.74 Å². The largest absolute Gasteiger partial charge is 0.497 e. The lowest BCUT2D eigenvalue weighted by Crippen LogP contribution is -2.13. The standard InChI is InChI=1S/C16H19NO2/c1-18-15-9-5-8-14(12-15)16(19-11-10-17)13-6-3-2-4-7-13/h2-9,12,16H,10-11,17H2,1H3. The average molecular weight is 257 g/mol. The minimum Gasteiger partial charge on any atom is -0.497 e. The molecule has 0 saturated carbocycles. The molecule has 1 unspecified atom stereocenters. The lowest BCUT2D eigenvalue weighted by atomic mass is 10.0. The number of rotatable bonds is 6. The SMILES string of the molecule is COc1cccc(C(OCCN)c2ccccc2)c1. The fourth-order valence-corrected chi connectivity index (χ4v) is 2.00. The van der Waals surface area contributed by atoms with Crippen LogP contribution < -0.4 is 10.5 Å². The van der Waals surface area contributed by atoms with Crippen molar-refractivity contribution in [2.75, 3.05) is 20.3 Å². The van der Waals surface area contributed by atoms with Crippen molar-refractivity contribution in [1.82, 2.24) is 0 Å². The van der Waals surface area contributed by atoms with Gasteiger partial charge in [-0.05, 0) is 23.3 Å². The molecule has 0 fully saturated rings. The first-order valence-corrected chi connectivity index (χ1v) is 6.35. The first kappa shape index (κ1) is 13.6. The summed E-state index contributed by atoms with van der Waals surface area (Å²) in [4.78, 5) is 0. The molecule has 3 heteroatoms. The normalized spacial score (nSPS) is 12.1. The molecular weight excluding hydrogens is 238 g/mol. The third kappa shape index (κ3) is 3.56. The van der Waals surface area contributed by atoms with Gasteiger partial charge in [-0.25, -0.2) is 0 Å². The summed E-state index contributed by atoms with van der Waals surface area (Å²) < 4.78 is 11.1. The maximum atomic E-state index is 5.88. The Morgan fingerprint density at radius 2 is 1.74 bits per heavy atom. The summed E-state index contributed by atoms with van der Waals surface area (Å²) in [5.41, 5.74) is 7.72. The van der Waals surface area contributed by atoms with Crippen LogP contribution in [0.3, 0.4) is 0 Å². The molecule has 0 aliphatic rings. The first-order valence-electron chi connectivity index (χ1n) is 6.35. The van der Waals surface area contributed by atoms with Crippen molar-refractivity contribution in [2.45, 2.75) is 6.10 Å². The van der Waals surface area contributed by atoms with E-state index in [1.165, 1.54) is 0 Å². The Labute approximate surface area is 114 Å². The van der Waals surface area contributed by atoms with E-state index >= 15 is 0 Å². The molecule has 100 valence electrons. The molecule has 19 heavy (non-hydrogen) atoms. The van der Waals surface area contributed by atoms with Gasteiger partial charge in [0.15, 0.2) is 0 Å². The molecule has 0 heterocycles. The summed E-state index contributed by atoms with van der Waals surface area (Å²) in [6, 6.07) is 18.0. The second kappa shape index (κ2) is 6.92. The van der Waals surface area contributed by atoms with Crippen molar-refractivity contribution in [3.8, 4) is 5.75 Å². The van der Waals surface area contributed by atoms with Gasteiger partial charge in [0, 0.05) is 6.54 Å². The molecule has 2 rings (SSSR count). The first-order chi connectivity index (χ1) is 9.35. The van der Waals surface area contributed by atoms with E-state index in [0.717, 1.165) is 16.9 Å². The molecule has 2 aromatic carbocycles. The number of methoxy groups -OCH3 is 1. The molecule has 2 aromatic rings. The predicted octanol–water partition coefficient (Wildman–Crippen LogP) is 2.76. The fourth-order valence-electron chi connectivity index (χ4n) is 2.00. The van der Waals surface area contributed by atoms with E-state index < -0.39 is 0 Å². The summed E-state index contributed by atoms with van der Waals surface area (Å²) in [6.45, 7) is 1.03. The number of benzene rings is 2. The van der Waals surface area contributed by atoms with E-state index in [4.69, 9.17) is 15.2 Å². The highest BCUT2D eigenvalue weighted by molar-refractivity contribution is 5.35. The molecule has 0 aliphatic heterocycles. The van der Waals surface area contributed by atoms with Crippen molar-refractivity contribution in [3.63, 3.8) is 0 Å². The monoisotopic (exact) mass is 257 g/mol. The summed E-state index contributed by atoms with van der Waals surface area (Å²) in [5, 5.41) is 0. The topological polar surface area (TPSA) is 44.5 Å². The van der Waals surface area contributed by atoms with Crippen LogP contribution in [0, 0.1) is 0 Å². The van der Waals surface area contributed by atoms with E-state index in [1.54, 1.807) is 7.11 Å². The maximum absolute atomic E-state index is 5.88. The highest BCUT2D eigenvalue weighted by Crippen LogP contribution is 2.28. The lowest BCUT2D eigenvalue weighted by molar-refractivity contribution is 0.0863.